The van der Waals surface area contributed by atoms with Crippen LogP contribution in [0.15, 0.2) is 72.9 Å². The van der Waals surface area contributed by atoms with Crippen LogP contribution in [0.3, 0.4) is 0 Å². The van der Waals surface area contributed by atoms with Gasteiger partial charge in [-0.3, -0.25) is 9.59 Å². The highest BCUT2D eigenvalue weighted by Crippen LogP contribution is 2.09. The lowest BCUT2D eigenvalue weighted by atomic mass is 10.1. The van der Waals surface area contributed by atoms with Crippen LogP contribution in [0, 0.1) is 0 Å². The van der Waals surface area contributed by atoms with Crippen molar-refractivity contribution in [2.24, 2.45) is 0 Å². The molecule has 0 bridgehead atoms. The maximum atomic E-state index is 10.3. The minimum absolute atomic E-state index is 0.319. The topological polar surface area (TPSA) is 74.6 Å². The number of rotatable bonds is 26. The lowest BCUT2D eigenvalue weighted by molar-refractivity contribution is -0.138. The SMILES string of the molecule is CC/C=C\C/C=C\C/C=C\CCCCCCCC(=O)O.CCC=CCC=CC/C=C\CCCCCCCC(=O)O. The van der Waals surface area contributed by atoms with E-state index in [0.717, 1.165) is 89.9 Å². The number of unbranched alkanes of at least 4 members (excludes halogenated alkanes) is 10. The van der Waals surface area contributed by atoms with Crippen molar-refractivity contribution < 1.29 is 19.8 Å². The van der Waals surface area contributed by atoms with Crippen LogP contribution in [-0.4, -0.2) is 22.2 Å². The van der Waals surface area contributed by atoms with Gasteiger partial charge in [0.25, 0.3) is 0 Å². The van der Waals surface area contributed by atoms with Crippen LogP contribution in [0.2, 0.25) is 0 Å². The van der Waals surface area contributed by atoms with Gasteiger partial charge in [0.15, 0.2) is 0 Å². The molecule has 4 heteroatoms. The number of carboxylic acid groups (broad SMARTS) is 2. The largest absolute Gasteiger partial charge is 0.481 e. The molecule has 0 saturated carbocycles. The van der Waals surface area contributed by atoms with Crippen molar-refractivity contribution in [3.8, 4) is 0 Å². The molecule has 0 aromatic heterocycles. The average Bonchev–Trinajstić information content (AvgIpc) is 2.93. The molecule has 40 heavy (non-hydrogen) atoms. The van der Waals surface area contributed by atoms with Crippen molar-refractivity contribution in [2.75, 3.05) is 0 Å². The van der Waals surface area contributed by atoms with Crippen molar-refractivity contribution >= 4 is 11.9 Å². The molecule has 0 unspecified atom stereocenters. The van der Waals surface area contributed by atoms with Gasteiger partial charge in [-0.2, -0.15) is 0 Å². The van der Waals surface area contributed by atoms with Crippen molar-refractivity contribution in [1.29, 1.82) is 0 Å². The van der Waals surface area contributed by atoms with Gasteiger partial charge < -0.3 is 10.2 Å². The summed E-state index contributed by atoms with van der Waals surface area (Å²) in [5.41, 5.74) is 0. The summed E-state index contributed by atoms with van der Waals surface area (Å²) in [6.07, 6.45) is 46.8. The highest BCUT2D eigenvalue weighted by atomic mass is 16.4. The van der Waals surface area contributed by atoms with Crippen LogP contribution in [0.25, 0.3) is 0 Å². The number of hydrogen-bond acceptors (Lipinski definition) is 2. The summed E-state index contributed by atoms with van der Waals surface area (Å²) in [4.78, 5) is 20.6. The van der Waals surface area contributed by atoms with Crippen LogP contribution in [-0.2, 0) is 9.59 Å². The van der Waals surface area contributed by atoms with E-state index in [-0.39, 0.29) is 0 Å². The Bertz CT molecular complexity index is 663. The third kappa shape index (κ3) is 42.5. The van der Waals surface area contributed by atoms with Crippen LogP contribution < -0.4 is 0 Å². The van der Waals surface area contributed by atoms with Crippen molar-refractivity contribution in [3.05, 3.63) is 72.9 Å². The fourth-order valence-electron chi connectivity index (χ4n) is 3.79. The molecule has 228 valence electrons. The molecule has 0 radical (unpaired) electrons. The molecule has 0 aliphatic heterocycles. The second kappa shape index (κ2) is 36.4. The second-order valence-corrected chi connectivity index (χ2v) is 9.99. The predicted molar refractivity (Wildman–Crippen MR) is 174 cm³/mol. The van der Waals surface area contributed by atoms with Gasteiger partial charge >= 0.3 is 11.9 Å². The Morgan fingerprint density at radius 1 is 0.400 bits per heavy atom. The van der Waals surface area contributed by atoms with Gasteiger partial charge in [0.05, 0.1) is 0 Å². The zero-order valence-corrected chi connectivity index (χ0v) is 25.8. The van der Waals surface area contributed by atoms with E-state index in [4.69, 9.17) is 10.2 Å². The molecule has 0 atom stereocenters. The Hall–Kier alpha value is -2.62. The molecule has 0 amide bonds. The number of carbonyl (C=O) groups is 2. The molecule has 0 aliphatic carbocycles. The molecule has 0 heterocycles. The molecule has 0 saturated heterocycles. The first-order valence-electron chi connectivity index (χ1n) is 15.9. The van der Waals surface area contributed by atoms with E-state index in [2.05, 4.69) is 86.8 Å². The lowest BCUT2D eigenvalue weighted by Gasteiger charge is -1.98. The van der Waals surface area contributed by atoms with Gasteiger partial charge in [-0.25, -0.2) is 0 Å². The zero-order chi connectivity index (χ0) is 29.8. The number of allylic oxidation sites excluding steroid dienone is 12. The predicted octanol–water partition coefficient (Wildman–Crippen LogP) is 11.3. The van der Waals surface area contributed by atoms with E-state index in [1.807, 2.05) is 0 Å². The van der Waals surface area contributed by atoms with E-state index >= 15 is 0 Å². The first-order chi connectivity index (χ1) is 19.5. The van der Waals surface area contributed by atoms with Crippen LogP contribution in [0.5, 0.6) is 0 Å². The lowest BCUT2D eigenvalue weighted by Crippen LogP contribution is -1.93. The van der Waals surface area contributed by atoms with E-state index in [9.17, 15) is 9.59 Å². The monoisotopic (exact) mass is 556 g/mol. The minimum Gasteiger partial charge on any atom is -0.481 e. The Labute approximate surface area is 246 Å². The maximum absolute atomic E-state index is 10.3. The Morgan fingerprint density at radius 2 is 0.675 bits per heavy atom. The highest BCUT2D eigenvalue weighted by Gasteiger charge is 1.96. The Morgan fingerprint density at radius 3 is 1.00 bits per heavy atom. The van der Waals surface area contributed by atoms with Crippen molar-refractivity contribution in [1.82, 2.24) is 0 Å². The van der Waals surface area contributed by atoms with Gasteiger partial charge in [0.2, 0.25) is 0 Å². The second-order valence-electron chi connectivity index (χ2n) is 9.99. The molecule has 0 aromatic rings. The Kier molecular flexibility index (Phi) is 35.9. The zero-order valence-electron chi connectivity index (χ0n) is 25.8. The van der Waals surface area contributed by atoms with Gasteiger partial charge in [0, 0.05) is 12.8 Å². The third-order valence-corrected chi connectivity index (χ3v) is 6.08. The summed E-state index contributed by atoms with van der Waals surface area (Å²) >= 11 is 0. The summed E-state index contributed by atoms with van der Waals surface area (Å²) in [5, 5.41) is 17.0. The fraction of sp³-hybridized carbons (Fsp3) is 0.611. The minimum atomic E-state index is -0.675. The first kappa shape index (κ1) is 39.5. The molecule has 2 N–H and O–H groups in total. The molecular weight excluding hydrogens is 496 g/mol. The summed E-state index contributed by atoms with van der Waals surface area (Å²) in [6.45, 7) is 4.30. The molecule has 0 spiro atoms. The van der Waals surface area contributed by atoms with E-state index in [1.165, 1.54) is 25.7 Å². The van der Waals surface area contributed by atoms with E-state index in [0.29, 0.717) is 12.8 Å². The van der Waals surface area contributed by atoms with Crippen molar-refractivity contribution in [3.63, 3.8) is 0 Å². The molecule has 4 nitrogen and oxygen atoms in total. The van der Waals surface area contributed by atoms with Gasteiger partial charge in [-0.15, -0.1) is 0 Å². The smallest absolute Gasteiger partial charge is 0.303 e. The van der Waals surface area contributed by atoms with Crippen molar-refractivity contribution in [2.45, 2.75) is 142 Å². The Balaban J connectivity index is 0. The van der Waals surface area contributed by atoms with Gasteiger partial charge in [-0.1, -0.05) is 125 Å². The molecule has 0 rings (SSSR count). The van der Waals surface area contributed by atoms with Crippen LogP contribution in [0.1, 0.15) is 142 Å². The summed E-state index contributed by atoms with van der Waals surface area (Å²) in [5.74, 6) is -1.35. The molecule has 0 aromatic carbocycles. The van der Waals surface area contributed by atoms with E-state index < -0.39 is 11.9 Å². The molecule has 0 fully saturated rings. The average molecular weight is 557 g/mol. The molecule has 0 aliphatic rings. The quantitative estimate of drug-likeness (QED) is 0.0820. The fourth-order valence-corrected chi connectivity index (χ4v) is 3.79. The standard InChI is InChI=1S/2C18H30O2/c2*1-2-3-4-5-6-7-8-9-10-11-12-13-14-15-16-17-18(19)20/h2*3-4,6-7,9-10H,2,5,8,11-17H2,1H3,(H,19,20)/b4-3?,7-6?,10-9-;4-3-,7-6-,10-9-. The van der Waals surface area contributed by atoms with Crippen LogP contribution in [0.4, 0.5) is 0 Å². The summed E-state index contributed by atoms with van der Waals surface area (Å²) in [7, 11) is 0. The highest BCUT2D eigenvalue weighted by molar-refractivity contribution is 5.66. The summed E-state index contributed by atoms with van der Waals surface area (Å²) < 4.78 is 0. The normalized spacial score (nSPS) is 12.1. The molecular formula is C36H60O4. The number of carboxylic acids is 2. The van der Waals surface area contributed by atoms with E-state index in [1.54, 1.807) is 0 Å². The van der Waals surface area contributed by atoms with Gasteiger partial charge in [-0.05, 0) is 77.0 Å². The van der Waals surface area contributed by atoms with Gasteiger partial charge in [0.1, 0.15) is 0 Å². The first-order valence-corrected chi connectivity index (χ1v) is 15.9. The third-order valence-electron chi connectivity index (χ3n) is 6.08. The maximum Gasteiger partial charge on any atom is 0.303 e. The number of hydrogen-bond donors (Lipinski definition) is 2. The van der Waals surface area contributed by atoms with Crippen LogP contribution >= 0.6 is 0 Å². The number of aliphatic carboxylic acids is 2. The summed E-state index contributed by atoms with van der Waals surface area (Å²) in [6, 6.07) is 0.